The standard InChI is InChI=1S/C18H12F2N2O4S/c1-18(8-13(23)24)16(25)22(12-7-3-4-9(19)14(12)26-18)17-21-11-6-2-5-10(20)15(11)27-17/h2-7H,8H2,1H3,(H,23,24). The first kappa shape index (κ1) is 17.3. The second kappa shape index (κ2) is 5.98. The Bertz CT molecular complexity index is 1100. The van der Waals surface area contributed by atoms with Crippen molar-refractivity contribution in [1.82, 2.24) is 4.98 Å². The zero-order chi connectivity index (χ0) is 19.3. The van der Waals surface area contributed by atoms with Crippen LogP contribution in [-0.4, -0.2) is 27.6 Å². The highest BCUT2D eigenvalue weighted by atomic mass is 32.1. The number of hydrogen-bond donors (Lipinski definition) is 1. The van der Waals surface area contributed by atoms with Gasteiger partial charge >= 0.3 is 5.97 Å². The number of thiazole rings is 1. The van der Waals surface area contributed by atoms with Crippen LogP contribution in [0, 0.1) is 11.6 Å². The number of aromatic nitrogens is 1. The molecule has 9 heteroatoms. The number of anilines is 2. The molecule has 2 heterocycles. The van der Waals surface area contributed by atoms with Gasteiger partial charge in [-0.1, -0.05) is 23.5 Å². The number of para-hydroxylation sites is 1. The first-order valence-corrected chi connectivity index (χ1v) is 8.71. The smallest absolute Gasteiger partial charge is 0.307 e. The van der Waals surface area contributed by atoms with Gasteiger partial charge in [-0.3, -0.25) is 9.59 Å². The summed E-state index contributed by atoms with van der Waals surface area (Å²) in [6.45, 7) is 1.28. The number of carboxylic acid groups (broad SMARTS) is 1. The Kier molecular flexibility index (Phi) is 3.84. The Labute approximate surface area is 155 Å². The largest absolute Gasteiger partial charge is 0.481 e. The van der Waals surface area contributed by atoms with Crippen molar-refractivity contribution in [2.45, 2.75) is 18.9 Å². The van der Waals surface area contributed by atoms with Crippen molar-refractivity contribution in [2.75, 3.05) is 4.90 Å². The van der Waals surface area contributed by atoms with E-state index in [-0.39, 0.29) is 21.3 Å². The molecule has 138 valence electrons. The zero-order valence-corrected chi connectivity index (χ0v) is 14.7. The fourth-order valence-electron chi connectivity index (χ4n) is 2.98. The first-order valence-electron chi connectivity index (χ1n) is 7.89. The van der Waals surface area contributed by atoms with E-state index in [0.29, 0.717) is 5.52 Å². The number of hydrogen-bond acceptors (Lipinski definition) is 5. The summed E-state index contributed by atoms with van der Waals surface area (Å²) in [5, 5.41) is 9.27. The Balaban J connectivity index is 1.94. The molecular formula is C18H12F2N2O4S. The lowest BCUT2D eigenvalue weighted by atomic mass is 9.97. The maximum atomic E-state index is 14.3. The predicted octanol–water partition coefficient (Wildman–Crippen LogP) is 3.87. The van der Waals surface area contributed by atoms with Gasteiger partial charge in [0.2, 0.25) is 0 Å². The minimum atomic E-state index is -1.84. The molecule has 1 aliphatic heterocycles. The van der Waals surface area contributed by atoms with Crippen LogP contribution in [0.1, 0.15) is 13.3 Å². The molecule has 1 aliphatic rings. The molecular weight excluding hydrogens is 378 g/mol. The van der Waals surface area contributed by atoms with Crippen LogP contribution in [0.2, 0.25) is 0 Å². The second-order valence-electron chi connectivity index (χ2n) is 6.22. The molecule has 2 aromatic carbocycles. The van der Waals surface area contributed by atoms with E-state index in [1.807, 2.05) is 0 Å². The van der Waals surface area contributed by atoms with Gasteiger partial charge in [-0.05, 0) is 31.2 Å². The van der Waals surface area contributed by atoms with Gasteiger partial charge in [-0.2, -0.15) is 0 Å². The molecule has 1 unspecified atom stereocenters. The van der Waals surface area contributed by atoms with Crippen LogP contribution in [0.5, 0.6) is 5.75 Å². The van der Waals surface area contributed by atoms with Crippen molar-refractivity contribution in [2.24, 2.45) is 0 Å². The van der Waals surface area contributed by atoms with E-state index in [2.05, 4.69) is 4.98 Å². The van der Waals surface area contributed by atoms with Crippen LogP contribution >= 0.6 is 11.3 Å². The molecule has 1 atom stereocenters. The zero-order valence-electron chi connectivity index (χ0n) is 13.9. The highest BCUT2D eigenvalue weighted by molar-refractivity contribution is 7.22. The number of fused-ring (bicyclic) bond motifs is 2. The second-order valence-corrected chi connectivity index (χ2v) is 7.19. The molecule has 1 N–H and O–H groups in total. The van der Waals surface area contributed by atoms with Gasteiger partial charge in [0.1, 0.15) is 5.82 Å². The maximum Gasteiger partial charge on any atom is 0.307 e. The Hall–Kier alpha value is -3.07. The highest BCUT2D eigenvalue weighted by Crippen LogP contribution is 2.46. The summed E-state index contributed by atoms with van der Waals surface area (Å²) in [6, 6.07) is 8.35. The van der Waals surface area contributed by atoms with Gasteiger partial charge in [0.15, 0.2) is 22.3 Å². The Morgan fingerprint density at radius 2 is 1.96 bits per heavy atom. The van der Waals surface area contributed by atoms with Crippen molar-refractivity contribution in [1.29, 1.82) is 0 Å². The molecule has 4 rings (SSSR count). The molecule has 1 aromatic heterocycles. The quantitative estimate of drug-likeness (QED) is 0.735. The number of halogens is 2. The number of rotatable bonds is 3. The maximum absolute atomic E-state index is 14.3. The summed E-state index contributed by atoms with van der Waals surface area (Å²) in [5.41, 5.74) is -1.41. The fraction of sp³-hybridized carbons (Fsp3) is 0.167. The van der Waals surface area contributed by atoms with Crippen LogP contribution < -0.4 is 9.64 Å². The third-order valence-electron chi connectivity index (χ3n) is 4.21. The molecule has 27 heavy (non-hydrogen) atoms. The highest BCUT2D eigenvalue weighted by Gasteiger charge is 2.48. The lowest BCUT2D eigenvalue weighted by molar-refractivity contribution is -0.148. The average Bonchev–Trinajstić information content (AvgIpc) is 3.02. The molecule has 6 nitrogen and oxygen atoms in total. The van der Waals surface area contributed by atoms with E-state index in [1.54, 1.807) is 6.07 Å². The summed E-state index contributed by atoms with van der Waals surface area (Å²) in [4.78, 5) is 29.7. The number of ether oxygens (including phenoxy) is 1. The number of benzene rings is 2. The van der Waals surface area contributed by atoms with E-state index in [1.165, 1.54) is 31.2 Å². The van der Waals surface area contributed by atoms with Crippen molar-refractivity contribution in [3.63, 3.8) is 0 Å². The summed E-state index contributed by atoms with van der Waals surface area (Å²) in [7, 11) is 0. The average molecular weight is 390 g/mol. The van der Waals surface area contributed by atoms with Gasteiger partial charge in [0, 0.05) is 0 Å². The van der Waals surface area contributed by atoms with Crippen molar-refractivity contribution in [3.8, 4) is 5.75 Å². The van der Waals surface area contributed by atoms with Gasteiger partial charge in [0.25, 0.3) is 5.91 Å². The molecule has 0 saturated carbocycles. The molecule has 0 radical (unpaired) electrons. The molecule has 3 aromatic rings. The summed E-state index contributed by atoms with van der Waals surface area (Å²) >= 11 is 0.917. The normalized spacial score (nSPS) is 19.1. The Morgan fingerprint density at radius 1 is 1.26 bits per heavy atom. The number of carbonyl (C=O) groups excluding carboxylic acids is 1. The number of nitrogens with zero attached hydrogens (tertiary/aromatic N) is 2. The van der Waals surface area contributed by atoms with Crippen molar-refractivity contribution >= 4 is 44.2 Å². The molecule has 1 amide bonds. The van der Waals surface area contributed by atoms with E-state index in [0.717, 1.165) is 22.3 Å². The van der Waals surface area contributed by atoms with E-state index in [9.17, 15) is 18.4 Å². The predicted molar refractivity (Wildman–Crippen MR) is 94.4 cm³/mol. The minimum absolute atomic E-state index is 0.0855. The van der Waals surface area contributed by atoms with E-state index >= 15 is 0 Å². The van der Waals surface area contributed by atoms with E-state index in [4.69, 9.17) is 9.84 Å². The summed E-state index contributed by atoms with van der Waals surface area (Å²) in [6.07, 6.45) is -0.671. The third kappa shape index (κ3) is 2.71. The lowest BCUT2D eigenvalue weighted by Gasteiger charge is -2.38. The van der Waals surface area contributed by atoms with Crippen LogP contribution in [0.3, 0.4) is 0 Å². The van der Waals surface area contributed by atoms with Gasteiger partial charge < -0.3 is 9.84 Å². The van der Waals surface area contributed by atoms with Gasteiger partial charge in [0.05, 0.1) is 22.3 Å². The first-order chi connectivity index (χ1) is 12.8. The van der Waals surface area contributed by atoms with Gasteiger partial charge in [-0.15, -0.1) is 0 Å². The van der Waals surface area contributed by atoms with Crippen LogP contribution in [0.4, 0.5) is 19.6 Å². The van der Waals surface area contributed by atoms with E-state index < -0.39 is 35.5 Å². The molecule has 0 saturated heterocycles. The molecule has 0 aliphatic carbocycles. The summed E-state index contributed by atoms with van der Waals surface area (Å²) in [5.74, 6) is -3.48. The number of carboxylic acids is 1. The van der Waals surface area contributed by atoms with Gasteiger partial charge in [-0.25, -0.2) is 18.7 Å². The Morgan fingerprint density at radius 3 is 2.67 bits per heavy atom. The summed E-state index contributed by atoms with van der Waals surface area (Å²) < 4.78 is 34.1. The lowest BCUT2D eigenvalue weighted by Crippen LogP contribution is -2.54. The topological polar surface area (TPSA) is 79.7 Å². The number of amides is 1. The van der Waals surface area contributed by atoms with Crippen molar-refractivity contribution in [3.05, 3.63) is 48.0 Å². The van der Waals surface area contributed by atoms with Crippen LogP contribution in [-0.2, 0) is 9.59 Å². The molecule has 0 fully saturated rings. The van der Waals surface area contributed by atoms with Crippen LogP contribution in [0.15, 0.2) is 36.4 Å². The third-order valence-corrected chi connectivity index (χ3v) is 5.27. The SMILES string of the molecule is CC1(CC(=O)O)Oc2c(F)cccc2N(c2nc3cccc(F)c3s2)C1=O. The van der Waals surface area contributed by atoms with Crippen molar-refractivity contribution < 1.29 is 28.2 Å². The molecule has 0 spiro atoms. The fourth-order valence-corrected chi connectivity index (χ4v) is 3.96. The monoisotopic (exact) mass is 390 g/mol. The number of carbonyl (C=O) groups is 2. The molecule has 0 bridgehead atoms. The number of aliphatic carboxylic acids is 1. The minimum Gasteiger partial charge on any atom is -0.481 e. The van der Waals surface area contributed by atoms with Crippen LogP contribution in [0.25, 0.3) is 10.2 Å².